The summed E-state index contributed by atoms with van der Waals surface area (Å²) < 4.78 is 26.7. The zero-order chi connectivity index (χ0) is 14.8. The molecule has 2 atom stereocenters. The van der Waals surface area contributed by atoms with Crippen molar-refractivity contribution in [1.29, 1.82) is 0 Å². The molecule has 5 nitrogen and oxygen atoms in total. The Labute approximate surface area is 121 Å². The molecule has 0 radical (unpaired) electrons. The smallest absolute Gasteiger partial charge is 0.242 e. The van der Waals surface area contributed by atoms with Crippen LogP contribution in [0.5, 0.6) is 0 Å². The first kappa shape index (κ1) is 15.3. The summed E-state index contributed by atoms with van der Waals surface area (Å²) >= 11 is 0. The van der Waals surface area contributed by atoms with Crippen LogP contribution in [-0.2, 0) is 10.0 Å². The highest BCUT2D eigenvalue weighted by Gasteiger charge is 2.29. The molecule has 6 heteroatoms. The quantitative estimate of drug-likeness (QED) is 0.874. The number of sulfonamides is 1. The van der Waals surface area contributed by atoms with Crippen LogP contribution in [0.2, 0.25) is 0 Å². The molecule has 1 aromatic carbocycles. The SMILES string of the molecule is CNS(=O)(=O)c1ccccc1N1CCC(C)CC1CN. The van der Waals surface area contributed by atoms with Crippen molar-refractivity contribution in [2.24, 2.45) is 11.7 Å². The van der Waals surface area contributed by atoms with Crippen molar-refractivity contribution in [3.05, 3.63) is 24.3 Å². The highest BCUT2D eigenvalue weighted by atomic mass is 32.2. The first-order chi connectivity index (χ1) is 9.49. The van der Waals surface area contributed by atoms with Crippen LogP contribution in [-0.4, -0.2) is 34.6 Å². The largest absolute Gasteiger partial charge is 0.366 e. The Kier molecular flexibility index (Phi) is 4.67. The van der Waals surface area contributed by atoms with Gasteiger partial charge in [-0.15, -0.1) is 0 Å². The highest BCUT2D eigenvalue weighted by molar-refractivity contribution is 7.89. The van der Waals surface area contributed by atoms with Crippen molar-refractivity contribution in [3.63, 3.8) is 0 Å². The molecule has 1 aliphatic rings. The summed E-state index contributed by atoms with van der Waals surface area (Å²) in [5.74, 6) is 0.632. The van der Waals surface area contributed by atoms with Gasteiger partial charge < -0.3 is 10.6 Å². The van der Waals surface area contributed by atoms with E-state index in [1.165, 1.54) is 7.05 Å². The summed E-state index contributed by atoms with van der Waals surface area (Å²) in [6, 6.07) is 7.33. The summed E-state index contributed by atoms with van der Waals surface area (Å²) in [5.41, 5.74) is 6.63. The number of anilines is 1. The van der Waals surface area contributed by atoms with Crippen LogP contribution in [0, 0.1) is 5.92 Å². The van der Waals surface area contributed by atoms with E-state index in [0.717, 1.165) is 25.1 Å². The van der Waals surface area contributed by atoms with Crippen molar-refractivity contribution < 1.29 is 8.42 Å². The van der Waals surface area contributed by atoms with E-state index in [9.17, 15) is 8.42 Å². The van der Waals surface area contributed by atoms with Gasteiger partial charge in [0.2, 0.25) is 10.0 Å². The van der Waals surface area contributed by atoms with E-state index < -0.39 is 10.0 Å². The third kappa shape index (κ3) is 2.97. The Morgan fingerprint density at radius 1 is 1.40 bits per heavy atom. The molecule has 1 aliphatic heterocycles. The average molecular weight is 297 g/mol. The topological polar surface area (TPSA) is 75.4 Å². The van der Waals surface area contributed by atoms with Gasteiger partial charge in [0.05, 0.1) is 5.69 Å². The number of hydrogen-bond acceptors (Lipinski definition) is 4. The van der Waals surface area contributed by atoms with Crippen LogP contribution in [0.3, 0.4) is 0 Å². The van der Waals surface area contributed by atoms with Gasteiger partial charge in [-0.1, -0.05) is 19.1 Å². The minimum absolute atomic E-state index is 0.201. The summed E-state index contributed by atoms with van der Waals surface area (Å²) in [6.45, 7) is 3.60. The van der Waals surface area contributed by atoms with Gasteiger partial charge in [-0.25, -0.2) is 13.1 Å². The lowest BCUT2D eigenvalue weighted by molar-refractivity contribution is 0.365. The Morgan fingerprint density at radius 2 is 2.10 bits per heavy atom. The monoisotopic (exact) mass is 297 g/mol. The molecule has 0 aromatic heterocycles. The van der Waals surface area contributed by atoms with E-state index in [4.69, 9.17) is 5.73 Å². The highest BCUT2D eigenvalue weighted by Crippen LogP contribution is 2.32. The molecule has 2 unspecified atom stereocenters. The first-order valence-electron chi connectivity index (χ1n) is 6.99. The number of nitrogens with two attached hydrogens (primary N) is 1. The van der Waals surface area contributed by atoms with Crippen LogP contribution in [0.15, 0.2) is 29.2 Å². The predicted molar refractivity (Wildman–Crippen MR) is 81.3 cm³/mol. The van der Waals surface area contributed by atoms with Gasteiger partial charge >= 0.3 is 0 Å². The molecule has 0 bridgehead atoms. The van der Waals surface area contributed by atoms with Crippen molar-refractivity contribution >= 4 is 15.7 Å². The second-order valence-electron chi connectivity index (χ2n) is 5.39. The number of piperidine rings is 1. The number of nitrogens with one attached hydrogen (secondary N) is 1. The van der Waals surface area contributed by atoms with E-state index >= 15 is 0 Å². The molecular weight excluding hydrogens is 274 g/mol. The molecule has 0 amide bonds. The Hall–Kier alpha value is -1.11. The summed E-state index contributed by atoms with van der Waals surface area (Å²) in [7, 11) is -2.02. The van der Waals surface area contributed by atoms with Crippen molar-refractivity contribution in [3.8, 4) is 0 Å². The zero-order valence-corrected chi connectivity index (χ0v) is 12.9. The van der Waals surface area contributed by atoms with Gasteiger partial charge in [-0.05, 0) is 37.9 Å². The van der Waals surface area contributed by atoms with Gasteiger partial charge in [0, 0.05) is 19.1 Å². The zero-order valence-electron chi connectivity index (χ0n) is 12.0. The standard InChI is InChI=1S/C14H23N3O2S/c1-11-7-8-17(12(9-11)10-15)13-5-3-4-6-14(13)20(18,19)16-2/h3-6,11-12,16H,7-10,15H2,1-2H3. The van der Waals surface area contributed by atoms with E-state index in [2.05, 4.69) is 16.5 Å². The Bertz CT molecular complexity index is 559. The third-order valence-electron chi connectivity index (χ3n) is 3.98. The molecule has 1 aromatic rings. The molecular formula is C14H23N3O2S. The number of rotatable bonds is 4. The summed E-state index contributed by atoms with van der Waals surface area (Å²) in [5, 5.41) is 0. The minimum Gasteiger partial charge on any atom is -0.366 e. The van der Waals surface area contributed by atoms with Gasteiger partial charge in [-0.2, -0.15) is 0 Å². The molecule has 1 saturated heterocycles. The fourth-order valence-corrected chi connectivity index (χ4v) is 3.76. The minimum atomic E-state index is -3.46. The molecule has 0 aliphatic carbocycles. The number of benzene rings is 1. The molecule has 1 fully saturated rings. The Balaban J connectivity index is 2.42. The summed E-state index contributed by atoms with van der Waals surface area (Å²) in [4.78, 5) is 2.47. The van der Waals surface area contributed by atoms with E-state index in [-0.39, 0.29) is 6.04 Å². The van der Waals surface area contributed by atoms with Crippen LogP contribution < -0.4 is 15.4 Å². The van der Waals surface area contributed by atoms with E-state index in [1.807, 2.05) is 12.1 Å². The predicted octanol–water partition coefficient (Wildman–Crippen LogP) is 1.16. The Morgan fingerprint density at radius 3 is 2.75 bits per heavy atom. The molecule has 0 spiro atoms. The van der Waals surface area contributed by atoms with Crippen molar-refractivity contribution in [2.75, 3.05) is 25.0 Å². The number of nitrogens with zero attached hydrogens (tertiary/aromatic N) is 1. The number of hydrogen-bond donors (Lipinski definition) is 2. The molecule has 2 rings (SSSR count). The molecule has 112 valence electrons. The second-order valence-corrected chi connectivity index (χ2v) is 7.24. The lowest BCUT2D eigenvalue weighted by Crippen LogP contribution is -2.47. The van der Waals surface area contributed by atoms with Gasteiger partial charge in [0.25, 0.3) is 0 Å². The first-order valence-corrected chi connectivity index (χ1v) is 8.47. The maximum absolute atomic E-state index is 12.2. The van der Waals surface area contributed by atoms with E-state index in [0.29, 0.717) is 17.4 Å². The lowest BCUT2D eigenvalue weighted by atomic mass is 9.92. The van der Waals surface area contributed by atoms with Crippen LogP contribution >= 0.6 is 0 Å². The molecule has 3 N–H and O–H groups in total. The van der Waals surface area contributed by atoms with Crippen molar-refractivity contribution in [2.45, 2.75) is 30.7 Å². The molecule has 1 heterocycles. The van der Waals surface area contributed by atoms with Gasteiger partial charge in [0.15, 0.2) is 0 Å². The normalized spacial score (nSPS) is 23.9. The molecule has 0 saturated carbocycles. The molecule has 20 heavy (non-hydrogen) atoms. The maximum atomic E-state index is 12.2. The van der Waals surface area contributed by atoms with E-state index in [1.54, 1.807) is 12.1 Å². The van der Waals surface area contributed by atoms with Crippen LogP contribution in [0.25, 0.3) is 0 Å². The van der Waals surface area contributed by atoms with Gasteiger partial charge in [0.1, 0.15) is 4.90 Å². The lowest BCUT2D eigenvalue weighted by Gasteiger charge is -2.40. The average Bonchev–Trinajstić information content (AvgIpc) is 2.47. The van der Waals surface area contributed by atoms with Crippen molar-refractivity contribution in [1.82, 2.24) is 4.72 Å². The van der Waals surface area contributed by atoms with Crippen LogP contribution in [0.4, 0.5) is 5.69 Å². The van der Waals surface area contributed by atoms with Gasteiger partial charge in [-0.3, -0.25) is 0 Å². The fourth-order valence-electron chi connectivity index (χ4n) is 2.82. The maximum Gasteiger partial charge on any atom is 0.242 e. The third-order valence-corrected chi connectivity index (χ3v) is 5.44. The number of para-hydroxylation sites is 1. The fraction of sp³-hybridized carbons (Fsp3) is 0.571. The van der Waals surface area contributed by atoms with Crippen LogP contribution in [0.1, 0.15) is 19.8 Å². The second kappa shape index (κ2) is 6.11. The summed E-state index contributed by atoms with van der Waals surface area (Å²) in [6.07, 6.45) is 2.06.